The summed E-state index contributed by atoms with van der Waals surface area (Å²) in [4.78, 5) is 133. The molecule has 8 N–H and O–H groups in total. The molecule has 8 atom stereocenters. The van der Waals surface area contributed by atoms with E-state index in [9.17, 15) is 33.9 Å². The van der Waals surface area contributed by atoms with Gasteiger partial charge in [0.25, 0.3) is 0 Å². The maximum atomic E-state index is 15.1. The monoisotopic (exact) mass is 1220 g/mol. The van der Waals surface area contributed by atoms with Crippen LogP contribution in [0, 0.1) is 11.8 Å². The number of nitrogens with one attached hydrogen (secondary N) is 7. The average molecular weight is 1220 g/mol. The molecule has 5 aromatic rings. The van der Waals surface area contributed by atoms with Gasteiger partial charge in [0.05, 0.1) is 0 Å². The summed E-state index contributed by atoms with van der Waals surface area (Å²) in [7, 11) is 1.42. The third-order valence-electron chi connectivity index (χ3n) is 15.3. The molecule has 1 heterocycles. The zero-order valence-corrected chi connectivity index (χ0v) is 52.7. The van der Waals surface area contributed by atoms with Crippen molar-refractivity contribution >= 4 is 53.2 Å². The van der Waals surface area contributed by atoms with Crippen molar-refractivity contribution in [1.82, 2.24) is 42.1 Å². The van der Waals surface area contributed by atoms with Crippen molar-refractivity contribution in [3.8, 4) is 5.75 Å². The molecular formula is C69H88N8O12. The number of benzene rings is 5. The molecule has 0 aromatic heterocycles. The van der Waals surface area contributed by atoms with Crippen LogP contribution in [0.1, 0.15) is 122 Å². The fraction of sp³-hybridized carbons (Fsp3) is 0.435. The highest BCUT2D eigenvalue weighted by Gasteiger charge is 2.42. The van der Waals surface area contributed by atoms with Crippen LogP contribution in [-0.4, -0.2) is 131 Å². The smallest absolute Gasteiger partial charge is 0.329 e. The second-order valence-corrected chi connectivity index (χ2v) is 24.4. The number of hydrogen-bond acceptors (Lipinski definition) is 12. The lowest BCUT2D eigenvalue weighted by Gasteiger charge is -2.37. The lowest BCUT2D eigenvalue weighted by molar-refractivity contribution is -0.157. The van der Waals surface area contributed by atoms with E-state index < -0.39 is 119 Å². The van der Waals surface area contributed by atoms with Gasteiger partial charge in [-0.05, 0) is 105 Å². The van der Waals surface area contributed by atoms with Gasteiger partial charge in [-0.3, -0.25) is 38.4 Å². The summed E-state index contributed by atoms with van der Waals surface area (Å²) >= 11 is 0. The molecule has 8 amide bonds. The highest BCUT2D eigenvalue weighted by atomic mass is 16.5. The predicted octanol–water partition coefficient (Wildman–Crippen LogP) is 5.71. The summed E-state index contributed by atoms with van der Waals surface area (Å²) in [5.74, 6) is -7.58. The van der Waals surface area contributed by atoms with Gasteiger partial charge in [0.15, 0.2) is 0 Å². The van der Waals surface area contributed by atoms with Crippen LogP contribution in [0.2, 0.25) is 0 Å². The largest absolute Gasteiger partial charge is 0.488 e. The van der Waals surface area contributed by atoms with Crippen molar-refractivity contribution in [2.45, 2.75) is 167 Å². The molecule has 1 aliphatic rings. The van der Waals surface area contributed by atoms with Crippen LogP contribution in [0.15, 0.2) is 146 Å². The summed E-state index contributed by atoms with van der Waals surface area (Å²) in [5, 5.41) is 29.7. The number of aliphatic hydroxyl groups excluding tert-OH is 1. The van der Waals surface area contributed by atoms with Gasteiger partial charge in [-0.2, -0.15) is 0 Å². The van der Waals surface area contributed by atoms with E-state index in [1.165, 1.54) is 25.8 Å². The van der Waals surface area contributed by atoms with Crippen LogP contribution in [0.4, 0.5) is 0 Å². The van der Waals surface area contributed by atoms with E-state index in [-0.39, 0.29) is 57.5 Å². The Hall–Kier alpha value is -8.91. The molecular weight excluding hydrogens is 1130 g/mol. The topological polar surface area (TPSA) is 280 Å². The number of ether oxygens (including phenoxy) is 2. The highest BCUT2D eigenvalue weighted by Crippen LogP contribution is 2.37. The Morgan fingerprint density at radius 1 is 0.652 bits per heavy atom. The van der Waals surface area contributed by atoms with E-state index in [1.54, 1.807) is 82.3 Å². The van der Waals surface area contributed by atoms with Crippen molar-refractivity contribution in [3.63, 3.8) is 0 Å². The van der Waals surface area contributed by atoms with E-state index in [0.29, 0.717) is 16.9 Å². The lowest BCUT2D eigenvalue weighted by atomic mass is 9.77. The molecule has 6 rings (SSSR count). The normalized spacial score (nSPS) is 20.5. The Bertz CT molecular complexity index is 3080. The quantitative estimate of drug-likeness (QED) is 0.0324. The van der Waals surface area contributed by atoms with Gasteiger partial charge in [-0.25, -0.2) is 4.79 Å². The minimum absolute atomic E-state index is 0.00406. The van der Waals surface area contributed by atoms with E-state index >= 15 is 14.4 Å². The average Bonchev–Trinajstić information content (AvgIpc) is 0.868. The summed E-state index contributed by atoms with van der Waals surface area (Å²) in [6, 6.07) is 33.9. The summed E-state index contributed by atoms with van der Waals surface area (Å²) < 4.78 is 12.1. The first-order valence-electron chi connectivity index (χ1n) is 30.5. The molecule has 20 heteroatoms. The highest BCUT2D eigenvalue weighted by molar-refractivity contribution is 5.98. The number of carbonyl (C=O) groups is 9. The number of hydrogen-bond donors (Lipinski definition) is 8. The third-order valence-corrected chi connectivity index (χ3v) is 15.3. The fourth-order valence-electron chi connectivity index (χ4n) is 10.8. The number of cyclic esters (lactones) is 1. The van der Waals surface area contributed by atoms with Gasteiger partial charge < -0.3 is 56.7 Å². The first-order chi connectivity index (χ1) is 42.3. The summed E-state index contributed by atoms with van der Waals surface area (Å²) in [6.07, 6.45) is -2.37. The van der Waals surface area contributed by atoms with E-state index in [2.05, 4.69) is 37.2 Å². The minimum Gasteiger partial charge on any atom is -0.488 e. The van der Waals surface area contributed by atoms with Gasteiger partial charge in [-0.15, -0.1) is 0 Å². The van der Waals surface area contributed by atoms with Crippen LogP contribution >= 0.6 is 0 Å². The summed E-state index contributed by atoms with van der Waals surface area (Å²) in [6.45, 7) is 14.8. The van der Waals surface area contributed by atoms with E-state index in [4.69, 9.17) is 9.47 Å². The number of nitrogens with zero attached hydrogens (tertiary/aromatic N) is 1. The van der Waals surface area contributed by atoms with E-state index in [0.717, 1.165) is 16.7 Å². The predicted molar refractivity (Wildman–Crippen MR) is 337 cm³/mol. The van der Waals surface area contributed by atoms with Crippen molar-refractivity contribution in [2.24, 2.45) is 11.8 Å². The molecule has 0 radical (unpaired) electrons. The van der Waals surface area contributed by atoms with Crippen LogP contribution in [0.5, 0.6) is 5.75 Å². The van der Waals surface area contributed by atoms with Crippen molar-refractivity contribution in [1.29, 1.82) is 0 Å². The lowest BCUT2D eigenvalue weighted by Crippen LogP contribution is -2.62. The molecule has 476 valence electrons. The number of aliphatic hydroxyl groups is 1. The minimum atomic E-state index is -1.81. The Balaban J connectivity index is 1.39. The molecule has 1 saturated heterocycles. The van der Waals surface area contributed by atoms with Crippen molar-refractivity contribution in [3.05, 3.63) is 173 Å². The molecule has 0 spiro atoms. The zero-order chi connectivity index (χ0) is 65.0. The standard InChI is InChI=1S/C69H88N8O12/c1-43(2)40-55-63(83)71-53(32-23-39-78)61(81)73-56(41-47-24-15-11-16-25-47)66(86)77(10)57(42-48-33-35-52(36-34-48)89-68(7,8)9)64(84)74-59(44(3)4)67(87)88-45(5)60(65(85)72-55)75-62(82)54(70-46(6)79)37-38-58(80)76-69(49-26-17-12-18-27-49,50-28-19-13-20-29-50)51-30-21-14-22-31-51/h11-22,24-31,33-36,43-45,53-57,59-60,78H,23,32,37-42H2,1-10H3,(H,70,79)(H,71,83)(H,72,85)(H,73,81)(H,74,84)(H,75,82)(H,76,80)/t45-,53+,54+,55+,56+,57+,59+,60+/m1/s1. The first-order valence-corrected chi connectivity index (χ1v) is 30.5. The molecule has 0 bridgehead atoms. The maximum Gasteiger partial charge on any atom is 0.329 e. The molecule has 1 fully saturated rings. The van der Waals surface area contributed by atoms with Gasteiger partial charge in [-0.1, -0.05) is 161 Å². The van der Waals surface area contributed by atoms with Gasteiger partial charge in [0.2, 0.25) is 47.3 Å². The number of esters is 1. The van der Waals surface area contributed by atoms with Gasteiger partial charge >= 0.3 is 5.97 Å². The maximum absolute atomic E-state index is 15.1. The molecule has 1 aliphatic heterocycles. The Morgan fingerprint density at radius 3 is 1.66 bits per heavy atom. The molecule has 20 nitrogen and oxygen atoms in total. The van der Waals surface area contributed by atoms with Crippen LogP contribution in [0.25, 0.3) is 0 Å². The molecule has 0 unspecified atom stereocenters. The van der Waals surface area contributed by atoms with Gasteiger partial charge in [0, 0.05) is 39.8 Å². The SMILES string of the molecule is CC(=O)N[C@@H](CCC(=O)NC(c1ccccc1)(c1ccccc1)c1ccccc1)C(=O)N[C@@H]1C(=O)N[C@@H](CC(C)C)C(=O)N[C@@H](CCCO)C(=O)N[C@@H](Cc2ccccc2)C(=O)N(C)[C@@H](Cc2ccc(OC(C)(C)C)cc2)C(=O)N[C@@H](C(C)C)C(=O)O[C@@H]1C. The Morgan fingerprint density at radius 2 is 1.16 bits per heavy atom. The summed E-state index contributed by atoms with van der Waals surface area (Å²) in [5.41, 5.74) is 1.76. The second kappa shape index (κ2) is 32.4. The van der Waals surface area contributed by atoms with Crippen LogP contribution < -0.4 is 42.0 Å². The Labute approximate surface area is 522 Å². The van der Waals surface area contributed by atoms with Crippen molar-refractivity contribution in [2.75, 3.05) is 13.7 Å². The van der Waals surface area contributed by atoms with E-state index in [1.807, 2.05) is 112 Å². The molecule has 0 aliphatic carbocycles. The third kappa shape index (κ3) is 19.8. The molecule has 5 aromatic carbocycles. The molecule has 0 saturated carbocycles. The van der Waals surface area contributed by atoms with Gasteiger partial charge in [0.1, 0.15) is 65.3 Å². The Kier molecular flexibility index (Phi) is 25.2. The van der Waals surface area contributed by atoms with Crippen LogP contribution in [-0.2, 0) is 66.3 Å². The van der Waals surface area contributed by atoms with Crippen molar-refractivity contribution < 1.29 is 57.7 Å². The number of likely N-dealkylation sites (N-methyl/N-ethyl adjacent to an activating group) is 1. The number of amides is 8. The fourth-order valence-corrected chi connectivity index (χ4v) is 10.8. The number of rotatable bonds is 21. The molecule has 89 heavy (non-hydrogen) atoms. The zero-order valence-electron chi connectivity index (χ0n) is 52.7. The number of carbonyl (C=O) groups excluding carboxylic acids is 9. The van der Waals surface area contributed by atoms with Crippen LogP contribution in [0.3, 0.4) is 0 Å². The second-order valence-electron chi connectivity index (χ2n) is 24.4. The first kappa shape index (κ1) is 69.2.